The molecule has 1 saturated carbocycles. The first-order valence-electron chi connectivity index (χ1n) is 8.21. The fourth-order valence-corrected chi connectivity index (χ4v) is 4.15. The van der Waals surface area contributed by atoms with E-state index in [9.17, 15) is 9.59 Å². The molecule has 134 valence electrons. The summed E-state index contributed by atoms with van der Waals surface area (Å²) < 4.78 is 0.714. The molecular weight excluding hydrogens is 350 g/mol. The molecule has 1 atom stereocenters. The lowest BCUT2D eigenvalue weighted by molar-refractivity contribution is -0.139. The maximum atomic E-state index is 12.2. The van der Waals surface area contributed by atoms with Crippen molar-refractivity contribution in [2.24, 2.45) is 0 Å². The monoisotopic (exact) mass is 373 g/mol. The number of rotatable bonds is 8. The van der Waals surface area contributed by atoms with Crippen LogP contribution in [0.5, 0.6) is 0 Å². The van der Waals surface area contributed by atoms with Crippen molar-refractivity contribution in [2.45, 2.75) is 51.2 Å². The van der Waals surface area contributed by atoms with Crippen LogP contribution in [0.3, 0.4) is 0 Å². The molecule has 1 heterocycles. The highest BCUT2D eigenvalue weighted by Crippen LogP contribution is 2.29. The minimum Gasteiger partial charge on any atom is -0.480 e. The van der Waals surface area contributed by atoms with Gasteiger partial charge < -0.3 is 15.7 Å². The Labute approximate surface area is 151 Å². The maximum absolute atomic E-state index is 12.2. The van der Waals surface area contributed by atoms with E-state index in [-0.39, 0.29) is 30.7 Å². The van der Waals surface area contributed by atoms with E-state index in [0.29, 0.717) is 10.9 Å². The molecule has 3 N–H and O–H groups in total. The normalized spacial score (nSPS) is 21.2. The van der Waals surface area contributed by atoms with E-state index in [2.05, 4.69) is 10.6 Å². The van der Waals surface area contributed by atoms with Crippen LogP contribution in [0.25, 0.3) is 0 Å². The quantitative estimate of drug-likeness (QED) is 0.654. The SMILES string of the molecule is CCC(NC(=O)NC1CC(N(CC)CC(=O)O)C1)c1ccc(Cl)s1. The van der Waals surface area contributed by atoms with Gasteiger partial charge in [-0.05, 0) is 37.9 Å². The van der Waals surface area contributed by atoms with Crippen molar-refractivity contribution in [1.29, 1.82) is 0 Å². The lowest BCUT2D eigenvalue weighted by Crippen LogP contribution is -2.56. The number of carbonyl (C=O) groups excluding carboxylic acids is 1. The third kappa shape index (κ3) is 5.09. The molecule has 0 aliphatic heterocycles. The van der Waals surface area contributed by atoms with Crippen molar-refractivity contribution >= 4 is 34.9 Å². The van der Waals surface area contributed by atoms with E-state index in [0.717, 1.165) is 24.1 Å². The minimum atomic E-state index is -0.814. The summed E-state index contributed by atoms with van der Waals surface area (Å²) in [6, 6.07) is 3.87. The molecule has 6 nitrogen and oxygen atoms in total. The summed E-state index contributed by atoms with van der Waals surface area (Å²) >= 11 is 7.43. The Kier molecular flexibility index (Phi) is 6.89. The Balaban J connectivity index is 1.76. The van der Waals surface area contributed by atoms with Crippen LogP contribution in [-0.4, -0.2) is 47.2 Å². The maximum Gasteiger partial charge on any atom is 0.317 e. The van der Waals surface area contributed by atoms with Crippen LogP contribution in [0.2, 0.25) is 4.34 Å². The molecule has 0 saturated heterocycles. The zero-order valence-corrected chi connectivity index (χ0v) is 15.5. The van der Waals surface area contributed by atoms with E-state index >= 15 is 0 Å². The van der Waals surface area contributed by atoms with Crippen molar-refractivity contribution in [3.8, 4) is 0 Å². The molecule has 8 heteroatoms. The molecule has 1 fully saturated rings. The van der Waals surface area contributed by atoms with Crippen LogP contribution in [-0.2, 0) is 4.79 Å². The van der Waals surface area contributed by atoms with Gasteiger partial charge in [0.05, 0.1) is 16.9 Å². The molecule has 0 aromatic carbocycles. The molecule has 0 radical (unpaired) electrons. The highest BCUT2D eigenvalue weighted by Gasteiger charge is 2.34. The van der Waals surface area contributed by atoms with Gasteiger partial charge in [-0.15, -0.1) is 11.3 Å². The minimum absolute atomic E-state index is 0.0440. The Bertz CT molecular complexity index is 575. The van der Waals surface area contributed by atoms with Crippen molar-refractivity contribution in [2.75, 3.05) is 13.1 Å². The number of urea groups is 1. The van der Waals surface area contributed by atoms with Gasteiger partial charge in [0.25, 0.3) is 0 Å². The molecule has 1 aliphatic rings. The first kappa shape index (κ1) is 19.0. The summed E-state index contributed by atoms with van der Waals surface area (Å²) in [6.07, 6.45) is 2.37. The standard InChI is InChI=1S/C16H24ClN3O3S/c1-3-12(13-5-6-14(17)24-13)19-16(23)18-10-7-11(8-10)20(4-2)9-15(21)22/h5-6,10-12H,3-4,7-9H2,1-2H3,(H,21,22)(H2,18,19,23). The number of hydrogen-bond donors (Lipinski definition) is 3. The predicted molar refractivity (Wildman–Crippen MR) is 95.7 cm³/mol. The lowest BCUT2D eigenvalue weighted by Gasteiger charge is -2.42. The summed E-state index contributed by atoms with van der Waals surface area (Å²) in [5.74, 6) is -0.814. The van der Waals surface area contributed by atoms with E-state index in [4.69, 9.17) is 16.7 Å². The number of nitrogens with zero attached hydrogens (tertiary/aromatic N) is 1. The van der Waals surface area contributed by atoms with Gasteiger partial charge in [-0.2, -0.15) is 0 Å². The van der Waals surface area contributed by atoms with Gasteiger partial charge in [-0.25, -0.2) is 4.79 Å². The first-order chi connectivity index (χ1) is 11.4. The number of hydrogen-bond acceptors (Lipinski definition) is 4. The zero-order chi connectivity index (χ0) is 17.7. The van der Waals surface area contributed by atoms with Crippen LogP contribution in [0.4, 0.5) is 4.79 Å². The number of thiophene rings is 1. The molecule has 2 rings (SSSR count). The van der Waals surface area contributed by atoms with Gasteiger partial charge in [0.2, 0.25) is 0 Å². The topological polar surface area (TPSA) is 81.7 Å². The van der Waals surface area contributed by atoms with Crippen molar-refractivity contribution in [1.82, 2.24) is 15.5 Å². The van der Waals surface area contributed by atoms with Crippen LogP contribution in [0.15, 0.2) is 12.1 Å². The molecule has 0 spiro atoms. The van der Waals surface area contributed by atoms with Gasteiger partial charge in [-0.3, -0.25) is 9.69 Å². The highest BCUT2D eigenvalue weighted by molar-refractivity contribution is 7.16. The van der Waals surface area contributed by atoms with Crippen molar-refractivity contribution in [3.63, 3.8) is 0 Å². The second kappa shape index (κ2) is 8.69. The second-order valence-corrected chi connectivity index (χ2v) is 7.75. The van der Waals surface area contributed by atoms with E-state index in [1.165, 1.54) is 11.3 Å². The number of carboxylic acids is 1. The lowest BCUT2D eigenvalue weighted by atomic mass is 9.85. The van der Waals surface area contributed by atoms with Crippen molar-refractivity contribution in [3.05, 3.63) is 21.3 Å². The second-order valence-electron chi connectivity index (χ2n) is 6.00. The van der Waals surface area contributed by atoms with Gasteiger partial charge in [-0.1, -0.05) is 25.4 Å². The van der Waals surface area contributed by atoms with Crippen LogP contribution in [0.1, 0.15) is 44.0 Å². The average Bonchev–Trinajstić information content (AvgIpc) is 2.92. The number of amides is 2. The number of carboxylic acid groups (broad SMARTS) is 1. The van der Waals surface area contributed by atoms with E-state index in [1.54, 1.807) is 0 Å². The number of nitrogens with one attached hydrogen (secondary N) is 2. The Morgan fingerprint density at radius 3 is 2.62 bits per heavy atom. The summed E-state index contributed by atoms with van der Waals surface area (Å²) in [5, 5.41) is 14.8. The number of aliphatic carboxylic acids is 1. The number of carbonyl (C=O) groups is 2. The van der Waals surface area contributed by atoms with Gasteiger partial charge >= 0.3 is 12.0 Å². The van der Waals surface area contributed by atoms with E-state index < -0.39 is 5.97 Å². The predicted octanol–water partition coefficient (Wildman–Crippen LogP) is 3.09. The third-order valence-electron chi connectivity index (χ3n) is 4.36. The Morgan fingerprint density at radius 2 is 2.12 bits per heavy atom. The average molecular weight is 374 g/mol. The highest BCUT2D eigenvalue weighted by atomic mass is 35.5. The molecule has 24 heavy (non-hydrogen) atoms. The molecular formula is C16H24ClN3O3S. The number of halogens is 1. The fraction of sp³-hybridized carbons (Fsp3) is 0.625. The summed E-state index contributed by atoms with van der Waals surface area (Å²) in [7, 11) is 0. The molecule has 0 bridgehead atoms. The van der Waals surface area contributed by atoms with E-state index in [1.807, 2.05) is 30.9 Å². The molecule has 1 aromatic rings. The summed E-state index contributed by atoms with van der Waals surface area (Å²) in [5.41, 5.74) is 0. The molecule has 1 aromatic heterocycles. The van der Waals surface area contributed by atoms with Crippen LogP contribution >= 0.6 is 22.9 Å². The third-order valence-corrected chi connectivity index (χ3v) is 5.71. The zero-order valence-electron chi connectivity index (χ0n) is 13.9. The largest absolute Gasteiger partial charge is 0.480 e. The smallest absolute Gasteiger partial charge is 0.317 e. The first-order valence-corrected chi connectivity index (χ1v) is 9.40. The summed E-state index contributed by atoms with van der Waals surface area (Å²) in [6.45, 7) is 4.72. The Morgan fingerprint density at radius 1 is 1.42 bits per heavy atom. The van der Waals surface area contributed by atoms with Crippen LogP contribution in [0, 0.1) is 0 Å². The van der Waals surface area contributed by atoms with Gasteiger partial charge in [0.15, 0.2) is 0 Å². The molecule has 1 aliphatic carbocycles. The van der Waals surface area contributed by atoms with Gasteiger partial charge in [0.1, 0.15) is 0 Å². The summed E-state index contributed by atoms with van der Waals surface area (Å²) in [4.78, 5) is 26.0. The van der Waals surface area contributed by atoms with Gasteiger partial charge in [0, 0.05) is 17.0 Å². The van der Waals surface area contributed by atoms with Crippen LogP contribution < -0.4 is 10.6 Å². The Hall–Kier alpha value is -1.31. The number of likely N-dealkylation sites (N-methyl/N-ethyl adjacent to an activating group) is 1. The molecule has 2 amide bonds. The van der Waals surface area contributed by atoms with Crippen molar-refractivity contribution < 1.29 is 14.7 Å². The fourth-order valence-electron chi connectivity index (χ4n) is 2.95. The molecule has 1 unspecified atom stereocenters.